The third-order valence-corrected chi connectivity index (χ3v) is 3.03. The van der Waals surface area contributed by atoms with Gasteiger partial charge in [0.15, 0.2) is 0 Å². The predicted molar refractivity (Wildman–Crippen MR) is 68.8 cm³/mol. The van der Waals surface area contributed by atoms with Gasteiger partial charge < -0.3 is 5.11 Å². The Morgan fingerprint density at radius 2 is 1.76 bits per heavy atom. The molecule has 2 nitrogen and oxygen atoms in total. The molecule has 0 fully saturated rings. The number of hydrogen-bond acceptors (Lipinski definition) is 1. The summed E-state index contributed by atoms with van der Waals surface area (Å²) in [6.07, 6.45) is -4.87. The zero-order valence-corrected chi connectivity index (χ0v) is 11.0. The molecule has 0 bridgehead atoms. The highest BCUT2D eigenvalue weighted by Crippen LogP contribution is 2.35. The first kappa shape index (κ1) is 15.3. The van der Waals surface area contributed by atoms with E-state index in [0.717, 1.165) is 12.1 Å². The summed E-state index contributed by atoms with van der Waals surface area (Å²) in [5, 5.41) is 9.21. The fourth-order valence-electron chi connectivity index (χ4n) is 1.86. The van der Waals surface area contributed by atoms with Crippen molar-refractivity contribution in [1.82, 2.24) is 0 Å². The van der Waals surface area contributed by atoms with Gasteiger partial charge in [-0.25, -0.2) is 9.18 Å². The predicted octanol–water partition coefficient (Wildman–Crippen LogP) is 4.86. The van der Waals surface area contributed by atoms with Crippen LogP contribution in [-0.2, 0) is 6.18 Å². The van der Waals surface area contributed by atoms with Gasteiger partial charge in [0.05, 0.1) is 11.1 Å². The Morgan fingerprint density at radius 1 is 1.10 bits per heavy atom. The molecule has 0 saturated carbocycles. The molecule has 0 unspecified atom stereocenters. The van der Waals surface area contributed by atoms with E-state index in [4.69, 9.17) is 16.7 Å². The van der Waals surface area contributed by atoms with Crippen molar-refractivity contribution in [3.05, 3.63) is 58.4 Å². The van der Waals surface area contributed by atoms with Crippen LogP contribution in [0.15, 0.2) is 36.4 Å². The summed E-state index contributed by atoms with van der Waals surface area (Å²) in [5.74, 6) is -2.76. The molecule has 7 heteroatoms. The van der Waals surface area contributed by atoms with Gasteiger partial charge >= 0.3 is 12.1 Å². The summed E-state index contributed by atoms with van der Waals surface area (Å²) in [6.45, 7) is 0. The Morgan fingerprint density at radius 3 is 2.33 bits per heavy atom. The maximum absolute atomic E-state index is 13.2. The fraction of sp³-hybridized carbons (Fsp3) is 0.0714. The van der Waals surface area contributed by atoms with Gasteiger partial charge in [-0.05, 0) is 35.4 Å². The third kappa shape index (κ3) is 3.16. The molecule has 110 valence electrons. The first-order valence-electron chi connectivity index (χ1n) is 5.60. The van der Waals surface area contributed by atoms with Crippen molar-refractivity contribution in [2.45, 2.75) is 6.18 Å². The molecule has 0 aliphatic heterocycles. The summed E-state index contributed by atoms with van der Waals surface area (Å²) in [6, 6.07) is 6.05. The molecule has 2 aromatic rings. The van der Waals surface area contributed by atoms with Gasteiger partial charge in [0.25, 0.3) is 0 Å². The van der Waals surface area contributed by atoms with Crippen molar-refractivity contribution < 1.29 is 27.5 Å². The second-order valence-corrected chi connectivity index (χ2v) is 4.62. The standard InChI is InChI=1S/C14H7ClF4O2/c15-8-2-3-9(10(6-8)13(20)21)7-1-4-12(16)11(5-7)14(17,18)19/h1-6H,(H,20,21). The quantitative estimate of drug-likeness (QED) is 0.803. The van der Waals surface area contributed by atoms with Crippen LogP contribution in [0, 0.1) is 5.82 Å². The number of aromatic carboxylic acids is 1. The normalized spacial score (nSPS) is 11.5. The van der Waals surface area contributed by atoms with E-state index in [9.17, 15) is 22.4 Å². The SMILES string of the molecule is O=C(O)c1cc(Cl)ccc1-c1ccc(F)c(C(F)(F)F)c1. The molecule has 0 saturated heterocycles. The smallest absolute Gasteiger partial charge is 0.419 e. The zero-order chi connectivity index (χ0) is 15.8. The molecule has 1 N–H and O–H groups in total. The first-order chi connectivity index (χ1) is 9.70. The van der Waals surface area contributed by atoms with Crippen molar-refractivity contribution in [3.63, 3.8) is 0 Å². The van der Waals surface area contributed by atoms with Crippen LogP contribution in [0.4, 0.5) is 17.6 Å². The Hall–Kier alpha value is -2.08. The van der Waals surface area contributed by atoms with Crippen molar-refractivity contribution in [2.75, 3.05) is 0 Å². The fourth-order valence-corrected chi connectivity index (χ4v) is 2.03. The maximum atomic E-state index is 13.2. The Labute approximate surface area is 121 Å². The van der Waals surface area contributed by atoms with Crippen LogP contribution in [0.5, 0.6) is 0 Å². The number of benzene rings is 2. The molecule has 2 aromatic carbocycles. The lowest BCUT2D eigenvalue weighted by Gasteiger charge is -2.12. The van der Waals surface area contributed by atoms with Crippen LogP contribution in [-0.4, -0.2) is 11.1 Å². The number of carbonyl (C=O) groups is 1. The van der Waals surface area contributed by atoms with Gasteiger partial charge in [-0.3, -0.25) is 0 Å². The lowest BCUT2D eigenvalue weighted by Crippen LogP contribution is -2.08. The monoisotopic (exact) mass is 318 g/mol. The molecule has 0 aliphatic rings. The Bertz CT molecular complexity index is 711. The maximum Gasteiger partial charge on any atom is 0.419 e. The van der Waals surface area contributed by atoms with Gasteiger partial charge in [-0.2, -0.15) is 13.2 Å². The first-order valence-corrected chi connectivity index (χ1v) is 5.98. The molecule has 0 atom stereocenters. The molecule has 0 spiro atoms. The molecule has 21 heavy (non-hydrogen) atoms. The molecule has 0 aliphatic carbocycles. The highest BCUT2D eigenvalue weighted by molar-refractivity contribution is 6.31. The van der Waals surface area contributed by atoms with E-state index < -0.39 is 23.5 Å². The lowest BCUT2D eigenvalue weighted by atomic mass is 9.97. The molecule has 0 radical (unpaired) electrons. The van der Waals surface area contributed by atoms with Crippen LogP contribution < -0.4 is 0 Å². The highest BCUT2D eigenvalue weighted by atomic mass is 35.5. The highest BCUT2D eigenvalue weighted by Gasteiger charge is 2.34. The summed E-state index contributed by atoms with van der Waals surface area (Å²) in [7, 11) is 0. The number of carboxylic acid groups (broad SMARTS) is 1. The van der Waals surface area contributed by atoms with E-state index in [1.54, 1.807) is 0 Å². The molecular weight excluding hydrogens is 312 g/mol. The lowest BCUT2D eigenvalue weighted by molar-refractivity contribution is -0.139. The third-order valence-electron chi connectivity index (χ3n) is 2.79. The van der Waals surface area contributed by atoms with E-state index in [0.29, 0.717) is 12.1 Å². The average molecular weight is 319 g/mol. The molecule has 0 heterocycles. The van der Waals surface area contributed by atoms with Crippen molar-refractivity contribution in [1.29, 1.82) is 0 Å². The largest absolute Gasteiger partial charge is 0.478 e. The molecule has 0 aromatic heterocycles. The second kappa shape index (κ2) is 5.37. The second-order valence-electron chi connectivity index (χ2n) is 4.19. The number of rotatable bonds is 2. The minimum Gasteiger partial charge on any atom is -0.478 e. The zero-order valence-electron chi connectivity index (χ0n) is 10.2. The van der Waals surface area contributed by atoms with Gasteiger partial charge in [0.1, 0.15) is 5.82 Å². The number of carboxylic acids is 1. The Kier molecular flexibility index (Phi) is 3.91. The van der Waals surface area contributed by atoms with Crippen LogP contribution in [0.25, 0.3) is 11.1 Å². The van der Waals surface area contributed by atoms with Gasteiger partial charge in [-0.15, -0.1) is 0 Å². The van der Waals surface area contributed by atoms with Crippen molar-refractivity contribution in [2.24, 2.45) is 0 Å². The van der Waals surface area contributed by atoms with Crippen molar-refractivity contribution in [3.8, 4) is 11.1 Å². The van der Waals surface area contributed by atoms with Crippen LogP contribution in [0.2, 0.25) is 5.02 Å². The molecule has 2 rings (SSSR count). The number of halogens is 5. The average Bonchev–Trinajstić information content (AvgIpc) is 2.38. The number of hydrogen-bond donors (Lipinski definition) is 1. The van der Waals surface area contributed by atoms with Crippen LogP contribution >= 0.6 is 11.6 Å². The van der Waals surface area contributed by atoms with E-state index in [1.165, 1.54) is 12.1 Å². The topological polar surface area (TPSA) is 37.3 Å². The van der Waals surface area contributed by atoms with Gasteiger partial charge in [-0.1, -0.05) is 23.7 Å². The van der Waals surface area contributed by atoms with E-state index in [1.807, 2.05) is 0 Å². The van der Waals surface area contributed by atoms with Crippen LogP contribution in [0.1, 0.15) is 15.9 Å². The van der Waals surface area contributed by atoms with Crippen LogP contribution in [0.3, 0.4) is 0 Å². The summed E-state index contributed by atoms with van der Waals surface area (Å²) >= 11 is 5.67. The van der Waals surface area contributed by atoms with E-state index >= 15 is 0 Å². The molecular formula is C14H7ClF4O2. The number of alkyl halides is 3. The minimum atomic E-state index is -4.87. The molecule has 0 amide bonds. The van der Waals surface area contributed by atoms with E-state index in [-0.39, 0.29) is 21.7 Å². The Balaban J connectivity index is 2.66. The summed E-state index contributed by atoms with van der Waals surface area (Å²) in [4.78, 5) is 11.1. The summed E-state index contributed by atoms with van der Waals surface area (Å²) < 4.78 is 51.3. The van der Waals surface area contributed by atoms with Gasteiger partial charge in [0.2, 0.25) is 0 Å². The van der Waals surface area contributed by atoms with Crippen molar-refractivity contribution >= 4 is 17.6 Å². The van der Waals surface area contributed by atoms with Gasteiger partial charge in [0, 0.05) is 5.02 Å². The van der Waals surface area contributed by atoms with E-state index in [2.05, 4.69) is 0 Å². The minimum absolute atomic E-state index is 0.0254. The summed E-state index contributed by atoms with van der Waals surface area (Å²) in [5.41, 5.74) is -1.75.